The van der Waals surface area contributed by atoms with Crippen LogP contribution in [0.25, 0.3) is 10.9 Å². The predicted molar refractivity (Wildman–Crippen MR) is 141 cm³/mol. The van der Waals surface area contributed by atoms with E-state index in [1.54, 1.807) is 48.2 Å². The number of aromatic nitrogens is 1. The molecule has 1 aromatic heterocycles. The van der Waals surface area contributed by atoms with Crippen LogP contribution in [0.15, 0.2) is 52.4 Å². The summed E-state index contributed by atoms with van der Waals surface area (Å²) in [4.78, 5) is 22.7. The molecule has 198 valence electrons. The summed E-state index contributed by atoms with van der Waals surface area (Å²) in [7, 11) is 4.10. The molecule has 0 unspecified atom stereocenters. The lowest BCUT2D eigenvalue weighted by molar-refractivity contribution is 0.174. The molecule has 0 radical (unpaired) electrons. The van der Waals surface area contributed by atoms with Crippen molar-refractivity contribution in [2.75, 3.05) is 66.5 Å². The zero-order valence-corrected chi connectivity index (χ0v) is 22.5. The summed E-state index contributed by atoms with van der Waals surface area (Å²) in [5.74, 6) is 1.53. The number of methoxy groups -OCH3 is 3. The third-order valence-electron chi connectivity index (χ3n) is 6.44. The van der Waals surface area contributed by atoms with E-state index in [-0.39, 0.29) is 15.8 Å². The number of anilines is 1. The largest absolute Gasteiger partial charge is 0.497 e. The third-order valence-corrected chi connectivity index (χ3v) is 8.21. The number of hydrogen-bond acceptors (Lipinski definition) is 8. The van der Waals surface area contributed by atoms with Gasteiger partial charge < -0.3 is 28.9 Å². The number of benzene rings is 2. The smallest absolute Gasteiger partial charge is 0.319 e. The summed E-state index contributed by atoms with van der Waals surface area (Å²) in [6.07, 6.45) is 2.08. The van der Waals surface area contributed by atoms with Gasteiger partial charge in [0.05, 0.1) is 37.4 Å². The van der Waals surface area contributed by atoms with E-state index < -0.39 is 9.84 Å². The fourth-order valence-corrected chi connectivity index (χ4v) is 5.94. The molecule has 1 aliphatic heterocycles. The molecule has 11 heteroatoms. The Hall–Kier alpha value is -3.73. The number of carbonyl (C=O) groups excluding carboxylic acids is 1. The molecule has 1 saturated heterocycles. The Morgan fingerprint density at radius 1 is 0.919 bits per heavy atom. The normalized spacial score (nSPS) is 14.3. The molecule has 0 atom stereocenters. The average Bonchev–Trinajstić information content (AvgIpc) is 3.17. The van der Waals surface area contributed by atoms with E-state index in [0.717, 1.165) is 0 Å². The number of nitrogens with zero attached hydrogens (tertiary/aromatic N) is 4. The van der Waals surface area contributed by atoms with Gasteiger partial charge in [0.15, 0.2) is 11.5 Å². The molecule has 0 bridgehead atoms. The molecule has 2 aromatic carbocycles. The molecule has 0 aliphatic carbocycles. The van der Waals surface area contributed by atoms with Crippen molar-refractivity contribution in [3.05, 3.63) is 42.6 Å². The number of sulfone groups is 1. The Morgan fingerprint density at radius 3 is 2.22 bits per heavy atom. The van der Waals surface area contributed by atoms with Crippen LogP contribution < -0.4 is 19.1 Å². The highest BCUT2D eigenvalue weighted by atomic mass is 32.2. The standard InChI is InChI=1S/C26H32N4O6S/c1-28(2)26(31)30-12-6-11-29(13-14-30)25-20-15-22(35-4)23(36-5)16-21(20)27-17-24(25)37(32,33)19-9-7-18(34-3)8-10-19/h7-10,15-17H,6,11-14H2,1-5H3. The van der Waals surface area contributed by atoms with E-state index in [9.17, 15) is 13.2 Å². The monoisotopic (exact) mass is 528 g/mol. The van der Waals surface area contributed by atoms with Crippen LogP contribution in [0, 0.1) is 0 Å². The van der Waals surface area contributed by atoms with Crippen molar-refractivity contribution in [2.45, 2.75) is 16.2 Å². The zero-order chi connectivity index (χ0) is 26.7. The maximum absolute atomic E-state index is 13.9. The van der Waals surface area contributed by atoms with Gasteiger partial charge in [0, 0.05) is 57.9 Å². The minimum Gasteiger partial charge on any atom is -0.497 e. The summed E-state index contributed by atoms with van der Waals surface area (Å²) < 4.78 is 44.0. The third kappa shape index (κ3) is 5.08. The van der Waals surface area contributed by atoms with Crippen LogP contribution in [0.1, 0.15) is 6.42 Å². The Labute approximate surface area is 217 Å². The van der Waals surface area contributed by atoms with Crippen molar-refractivity contribution < 1.29 is 27.4 Å². The van der Waals surface area contributed by atoms with E-state index in [1.165, 1.54) is 39.7 Å². The zero-order valence-electron chi connectivity index (χ0n) is 21.7. The van der Waals surface area contributed by atoms with Gasteiger partial charge in [-0.1, -0.05) is 0 Å². The molecule has 4 rings (SSSR count). The van der Waals surface area contributed by atoms with Crippen LogP contribution in [0.4, 0.5) is 10.5 Å². The molecule has 1 fully saturated rings. The Kier molecular flexibility index (Phi) is 7.63. The van der Waals surface area contributed by atoms with Crippen LogP contribution >= 0.6 is 0 Å². The predicted octanol–water partition coefficient (Wildman–Crippen LogP) is 3.29. The molecule has 3 aromatic rings. The quantitative estimate of drug-likeness (QED) is 0.481. The van der Waals surface area contributed by atoms with Crippen LogP contribution in [-0.2, 0) is 9.84 Å². The van der Waals surface area contributed by atoms with E-state index >= 15 is 0 Å². The van der Waals surface area contributed by atoms with Crippen LogP contribution in [0.2, 0.25) is 0 Å². The average molecular weight is 529 g/mol. The van der Waals surface area contributed by atoms with Gasteiger partial charge in [-0.15, -0.1) is 0 Å². The van der Waals surface area contributed by atoms with Gasteiger partial charge in [-0.3, -0.25) is 4.98 Å². The summed E-state index contributed by atoms with van der Waals surface area (Å²) in [6, 6.07) is 9.71. The van der Waals surface area contributed by atoms with E-state index in [4.69, 9.17) is 14.2 Å². The van der Waals surface area contributed by atoms with Gasteiger partial charge in [0.1, 0.15) is 10.6 Å². The second kappa shape index (κ2) is 10.7. The lowest BCUT2D eigenvalue weighted by Gasteiger charge is -2.28. The highest BCUT2D eigenvalue weighted by Crippen LogP contribution is 2.41. The fraction of sp³-hybridized carbons (Fsp3) is 0.385. The topological polar surface area (TPSA) is 102 Å². The molecule has 10 nitrogen and oxygen atoms in total. The number of ether oxygens (including phenoxy) is 3. The summed E-state index contributed by atoms with van der Waals surface area (Å²) >= 11 is 0. The number of amides is 2. The minimum absolute atomic E-state index is 0.0704. The molecule has 1 aliphatic rings. The van der Waals surface area contributed by atoms with Crippen molar-refractivity contribution in [3.63, 3.8) is 0 Å². The van der Waals surface area contributed by atoms with Gasteiger partial charge in [-0.2, -0.15) is 0 Å². The highest BCUT2D eigenvalue weighted by Gasteiger charge is 2.30. The highest BCUT2D eigenvalue weighted by molar-refractivity contribution is 7.91. The van der Waals surface area contributed by atoms with Gasteiger partial charge in [0.2, 0.25) is 9.84 Å². The van der Waals surface area contributed by atoms with Crippen LogP contribution in [0.5, 0.6) is 17.2 Å². The van der Waals surface area contributed by atoms with Gasteiger partial charge in [0.25, 0.3) is 0 Å². The summed E-state index contributed by atoms with van der Waals surface area (Å²) in [5.41, 5.74) is 1.10. The molecular weight excluding hydrogens is 496 g/mol. The Balaban J connectivity index is 1.89. The minimum atomic E-state index is -3.95. The molecule has 0 N–H and O–H groups in total. The Bertz CT molecular complexity index is 1390. The molecule has 37 heavy (non-hydrogen) atoms. The molecule has 0 saturated carbocycles. The fourth-order valence-electron chi connectivity index (χ4n) is 4.51. The van der Waals surface area contributed by atoms with Gasteiger partial charge >= 0.3 is 6.03 Å². The summed E-state index contributed by atoms with van der Waals surface area (Å²) in [5, 5.41) is 0.625. The maximum Gasteiger partial charge on any atom is 0.319 e. The SMILES string of the molecule is COc1ccc(S(=O)(=O)c2cnc3cc(OC)c(OC)cc3c2N2CCCN(C(=O)N(C)C)CC2)cc1. The first-order valence-electron chi connectivity index (χ1n) is 11.9. The Morgan fingerprint density at radius 2 is 1.59 bits per heavy atom. The van der Waals surface area contributed by atoms with Crippen molar-refractivity contribution in [3.8, 4) is 17.2 Å². The van der Waals surface area contributed by atoms with E-state index in [2.05, 4.69) is 4.98 Å². The number of pyridine rings is 1. The molecule has 2 heterocycles. The molecule has 0 spiro atoms. The number of carbonyl (C=O) groups is 1. The van der Waals surface area contributed by atoms with Crippen molar-refractivity contribution in [2.24, 2.45) is 0 Å². The molecular formula is C26H32N4O6S. The maximum atomic E-state index is 13.9. The first-order chi connectivity index (χ1) is 17.7. The van der Waals surface area contributed by atoms with Gasteiger partial charge in [-0.05, 0) is 36.8 Å². The van der Waals surface area contributed by atoms with Gasteiger partial charge in [-0.25, -0.2) is 13.2 Å². The van der Waals surface area contributed by atoms with Crippen molar-refractivity contribution in [1.82, 2.24) is 14.8 Å². The lowest BCUT2D eigenvalue weighted by Crippen LogP contribution is -2.41. The van der Waals surface area contributed by atoms with E-state index in [1.807, 2.05) is 4.90 Å². The first-order valence-corrected chi connectivity index (χ1v) is 13.3. The van der Waals surface area contributed by atoms with E-state index in [0.29, 0.717) is 66.4 Å². The van der Waals surface area contributed by atoms with Crippen LogP contribution in [-0.4, -0.2) is 90.8 Å². The number of rotatable bonds is 6. The van der Waals surface area contributed by atoms with Crippen LogP contribution in [0.3, 0.4) is 0 Å². The molecule has 2 amide bonds. The summed E-state index contributed by atoms with van der Waals surface area (Å²) in [6.45, 7) is 2.05. The van der Waals surface area contributed by atoms with Crippen molar-refractivity contribution in [1.29, 1.82) is 0 Å². The number of hydrogen-bond donors (Lipinski definition) is 0. The number of fused-ring (bicyclic) bond motifs is 1. The van der Waals surface area contributed by atoms with Crippen molar-refractivity contribution >= 4 is 32.5 Å². The second-order valence-electron chi connectivity index (χ2n) is 8.88. The second-order valence-corrected chi connectivity index (χ2v) is 10.8. The lowest BCUT2D eigenvalue weighted by atomic mass is 10.1. The first kappa shape index (κ1) is 26.3. The number of urea groups is 1.